The number of hydrogen-bond acceptors (Lipinski definition) is 5. The number of aromatic amines is 1. The fourth-order valence-corrected chi connectivity index (χ4v) is 6.68. The van der Waals surface area contributed by atoms with Crippen LogP contribution in [-0.4, -0.2) is 51.5 Å². The molecule has 2 aromatic carbocycles. The summed E-state index contributed by atoms with van der Waals surface area (Å²) >= 11 is 0. The molecule has 4 rings (SSSR count). The van der Waals surface area contributed by atoms with Crippen LogP contribution in [0.2, 0.25) is 0 Å². The average molecular weight is 705 g/mol. The standard InChI is InChI=1S/C37H45F5N4O4/c1-5-22(3)46(23(4)6-2)35(50)25-17-30(44-32(48)18-25)34(49)45-33(24-15-28(38)20-29(39)16-24)31(47)21-43-36(13-8-7-9-14-36)26-11-10-12-27(19-26)37(40,41)42/h10-12,15-20,22-23,31,33,43,47H,5-9,13-14,21H2,1-4H3,(H,44,48)(H,45,49)/t22?,23?,31-,33+/m1/s1. The number of alkyl halides is 3. The largest absolute Gasteiger partial charge is 0.416 e. The van der Waals surface area contributed by atoms with E-state index in [0.717, 1.165) is 36.8 Å². The lowest BCUT2D eigenvalue weighted by Crippen LogP contribution is -2.50. The van der Waals surface area contributed by atoms with Gasteiger partial charge in [0, 0.05) is 41.9 Å². The molecule has 0 radical (unpaired) electrons. The number of nitrogens with zero attached hydrogens (tertiary/aromatic N) is 1. The van der Waals surface area contributed by atoms with Crippen LogP contribution in [0.5, 0.6) is 0 Å². The molecule has 1 heterocycles. The second-order valence-electron chi connectivity index (χ2n) is 13.2. The molecule has 1 aliphatic rings. The number of aromatic nitrogens is 1. The highest BCUT2D eigenvalue weighted by molar-refractivity contribution is 5.98. The van der Waals surface area contributed by atoms with Crippen LogP contribution in [0.15, 0.2) is 59.4 Å². The molecule has 2 unspecified atom stereocenters. The number of hydrogen-bond donors (Lipinski definition) is 4. The van der Waals surface area contributed by atoms with E-state index in [2.05, 4.69) is 15.6 Å². The lowest BCUT2D eigenvalue weighted by Gasteiger charge is -2.40. The zero-order valence-electron chi connectivity index (χ0n) is 28.7. The van der Waals surface area contributed by atoms with Crippen molar-refractivity contribution in [2.75, 3.05) is 6.54 Å². The van der Waals surface area contributed by atoms with Crippen LogP contribution in [-0.2, 0) is 11.7 Å². The van der Waals surface area contributed by atoms with Crippen LogP contribution in [0.1, 0.15) is 116 Å². The number of carbonyl (C=O) groups excluding carboxylic acids is 2. The number of aliphatic hydroxyl groups excluding tert-OH is 1. The normalized spacial score (nSPS) is 17.0. The van der Waals surface area contributed by atoms with Crippen LogP contribution in [0.3, 0.4) is 0 Å². The predicted molar refractivity (Wildman–Crippen MR) is 180 cm³/mol. The van der Waals surface area contributed by atoms with E-state index >= 15 is 0 Å². The van der Waals surface area contributed by atoms with Gasteiger partial charge in [-0.15, -0.1) is 0 Å². The molecule has 1 fully saturated rings. The molecule has 1 aliphatic carbocycles. The zero-order chi connectivity index (χ0) is 36.8. The first-order chi connectivity index (χ1) is 23.6. The van der Waals surface area contributed by atoms with E-state index in [1.165, 1.54) is 12.1 Å². The molecule has 0 spiro atoms. The molecule has 2 amide bonds. The first kappa shape index (κ1) is 38.7. The number of amides is 2. The molecule has 1 aromatic heterocycles. The van der Waals surface area contributed by atoms with Gasteiger partial charge in [-0.3, -0.25) is 14.4 Å². The Morgan fingerprint density at radius 2 is 1.56 bits per heavy atom. The highest BCUT2D eigenvalue weighted by atomic mass is 19.4. The van der Waals surface area contributed by atoms with Gasteiger partial charge in [0.05, 0.1) is 17.7 Å². The smallest absolute Gasteiger partial charge is 0.389 e. The molecule has 8 nitrogen and oxygen atoms in total. The molecule has 0 aliphatic heterocycles. The Morgan fingerprint density at radius 3 is 2.14 bits per heavy atom. The van der Waals surface area contributed by atoms with E-state index in [1.807, 2.05) is 27.7 Å². The Hall–Kier alpha value is -4.10. The number of aliphatic hydroxyl groups is 1. The van der Waals surface area contributed by atoms with E-state index in [1.54, 1.807) is 11.0 Å². The molecular formula is C37H45F5N4O4. The minimum atomic E-state index is -4.56. The third-order valence-corrected chi connectivity index (χ3v) is 9.72. The van der Waals surface area contributed by atoms with Gasteiger partial charge >= 0.3 is 6.18 Å². The summed E-state index contributed by atoms with van der Waals surface area (Å²) in [6, 6.07) is 8.05. The number of pyridine rings is 1. The van der Waals surface area contributed by atoms with E-state index in [4.69, 9.17) is 0 Å². The van der Waals surface area contributed by atoms with Crippen molar-refractivity contribution in [3.63, 3.8) is 0 Å². The van der Waals surface area contributed by atoms with Crippen molar-refractivity contribution in [1.29, 1.82) is 0 Å². The molecule has 0 saturated heterocycles. The van der Waals surface area contributed by atoms with Gasteiger partial charge in [-0.25, -0.2) is 8.78 Å². The molecule has 4 N–H and O–H groups in total. The minimum absolute atomic E-state index is 0.0320. The number of nitrogens with one attached hydrogen (secondary N) is 3. The fraction of sp³-hybridized carbons (Fsp3) is 0.486. The van der Waals surface area contributed by atoms with Gasteiger partial charge in [-0.2, -0.15) is 13.2 Å². The van der Waals surface area contributed by atoms with Crippen molar-refractivity contribution in [2.24, 2.45) is 0 Å². The molecule has 1 saturated carbocycles. The Kier molecular flexibility index (Phi) is 12.6. The lowest BCUT2D eigenvalue weighted by molar-refractivity contribution is -0.137. The van der Waals surface area contributed by atoms with Crippen molar-refractivity contribution in [1.82, 2.24) is 20.5 Å². The summed E-state index contributed by atoms with van der Waals surface area (Å²) in [6.07, 6.45) is -1.57. The van der Waals surface area contributed by atoms with Gasteiger partial charge in [0.25, 0.3) is 11.8 Å². The highest BCUT2D eigenvalue weighted by Crippen LogP contribution is 2.40. The predicted octanol–water partition coefficient (Wildman–Crippen LogP) is 6.99. The van der Waals surface area contributed by atoms with Crippen LogP contribution in [0.4, 0.5) is 22.0 Å². The first-order valence-corrected chi connectivity index (χ1v) is 17.0. The van der Waals surface area contributed by atoms with Gasteiger partial charge in [-0.1, -0.05) is 45.2 Å². The maximum atomic E-state index is 14.4. The fourth-order valence-electron chi connectivity index (χ4n) is 6.68. The summed E-state index contributed by atoms with van der Waals surface area (Å²) in [4.78, 5) is 44.0. The molecular weight excluding hydrogens is 659 g/mol. The summed E-state index contributed by atoms with van der Waals surface area (Å²) in [6.45, 7) is 7.33. The molecule has 3 aromatic rings. The van der Waals surface area contributed by atoms with Gasteiger partial charge < -0.3 is 25.6 Å². The summed E-state index contributed by atoms with van der Waals surface area (Å²) in [7, 11) is 0. The number of H-pyrrole nitrogens is 1. The summed E-state index contributed by atoms with van der Waals surface area (Å²) < 4.78 is 69.7. The number of benzene rings is 2. The Morgan fingerprint density at radius 1 is 0.940 bits per heavy atom. The third-order valence-electron chi connectivity index (χ3n) is 9.72. The maximum Gasteiger partial charge on any atom is 0.416 e. The summed E-state index contributed by atoms with van der Waals surface area (Å²) in [5.41, 5.74) is -2.58. The van der Waals surface area contributed by atoms with E-state index in [0.29, 0.717) is 50.2 Å². The van der Waals surface area contributed by atoms with Gasteiger partial charge in [0.2, 0.25) is 5.56 Å². The molecule has 13 heteroatoms. The number of rotatable bonds is 13. The van der Waals surface area contributed by atoms with Gasteiger partial charge in [-0.05, 0) is 81.0 Å². The van der Waals surface area contributed by atoms with E-state index in [9.17, 15) is 41.4 Å². The Balaban J connectivity index is 1.66. The van der Waals surface area contributed by atoms with Gasteiger partial charge in [0.1, 0.15) is 17.3 Å². The third kappa shape index (κ3) is 9.16. The Bertz CT molecular complexity index is 1680. The Labute approximate surface area is 288 Å². The number of carbonyl (C=O) groups is 2. The van der Waals surface area contributed by atoms with Gasteiger partial charge in [0.15, 0.2) is 0 Å². The second kappa shape index (κ2) is 16.3. The first-order valence-electron chi connectivity index (χ1n) is 17.0. The minimum Gasteiger partial charge on any atom is -0.389 e. The molecule has 4 atom stereocenters. The molecule has 50 heavy (non-hydrogen) atoms. The van der Waals surface area contributed by atoms with Crippen LogP contribution in [0.25, 0.3) is 0 Å². The van der Waals surface area contributed by atoms with Crippen molar-refractivity contribution < 1.29 is 36.6 Å². The lowest BCUT2D eigenvalue weighted by atomic mass is 9.76. The highest BCUT2D eigenvalue weighted by Gasteiger charge is 2.38. The zero-order valence-corrected chi connectivity index (χ0v) is 28.7. The quantitative estimate of drug-likeness (QED) is 0.143. The molecule has 0 bridgehead atoms. The van der Waals surface area contributed by atoms with Crippen LogP contribution in [0, 0.1) is 11.6 Å². The van der Waals surface area contributed by atoms with Crippen LogP contribution >= 0.6 is 0 Å². The van der Waals surface area contributed by atoms with Crippen molar-refractivity contribution in [3.05, 3.63) is 105 Å². The maximum absolute atomic E-state index is 14.4. The van der Waals surface area contributed by atoms with Crippen molar-refractivity contribution in [2.45, 2.75) is 109 Å². The van der Waals surface area contributed by atoms with E-state index in [-0.39, 0.29) is 35.4 Å². The summed E-state index contributed by atoms with van der Waals surface area (Å²) in [5.74, 6) is -3.32. The van der Waals surface area contributed by atoms with E-state index < -0.39 is 58.4 Å². The van der Waals surface area contributed by atoms with Crippen molar-refractivity contribution in [3.8, 4) is 0 Å². The second-order valence-corrected chi connectivity index (χ2v) is 13.2. The summed E-state index contributed by atoms with van der Waals surface area (Å²) in [5, 5.41) is 17.3. The topological polar surface area (TPSA) is 115 Å². The monoisotopic (exact) mass is 704 g/mol. The SMILES string of the molecule is CCC(C)N(C(=O)c1cc(C(=O)N[C@@H](c2cc(F)cc(F)c2)[C@H](O)CNC2(c3cccc(C(F)(F)F)c3)CCCCC2)[nH]c(=O)c1)C(C)CC. The number of halogens is 5. The van der Waals surface area contributed by atoms with Crippen LogP contribution < -0.4 is 16.2 Å². The molecule has 272 valence electrons. The average Bonchev–Trinajstić information content (AvgIpc) is 3.08. The van der Waals surface area contributed by atoms with Crippen molar-refractivity contribution >= 4 is 11.8 Å².